The second-order valence-corrected chi connectivity index (χ2v) is 6.21. The molecule has 0 N–H and O–H groups in total. The standard InChI is InChI=1S/C20H21NO4/c1-14-3-5-15(6-4-14)19(22)21(2)17-7-9-18(10-8-17)25-20(23)16-11-12-24-13-16/h3-10,16H,11-13H2,1-2H3. The molecule has 130 valence electrons. The van der Waals surface area contributed by atoms with Gasteiger partial charge in [0.15, 0.2) is 0 Å². The van der Waals surface area contributed by atoms with E-state index in [2.05, 4.69) is 0 Å². The van der Waals surface area contributed by atoms with E-state index in [1.807, 2.05) is 31.2 Å². The molecule has 1 amide bonds. The Balaban J connectivity index is 1.65. The van der Waals surface area contributed by atoms with E-state index in [1.165, 1.54) is 0 Å². The van der Waals surface area contributed by atoms with Crippen LogP contribution in [0.5, 0.6) is 5.75 Å². The Hall–Kier alpha value is -2.66. The number of hydrogen-bond acceptors (Lipinski definition) is 4. The van der Waals surface area contributed by atoms with Gasteiger partial charge in [0.2, 0.25) is 0 Å². The van der Waals surface area contributed by atoms with Crippen LogP contribution in [0.3, 0.4) is 0 Å². The second kappa shape index (κ2) is 7.49. The van der Waals surface area contributed by atoms with E-state index in [4.69, 9.17) is 9.47 Å². The average Bonchev–Trinajstić information content (AvgIpc) is 3.17. The molecule has 1 aliphatic heterocycles. The maximum absolute atomic E-state index is 12.5. The Morgan fingerprint density at radius 2 is 1.76 bits per heavy atom. The van der Waals surface area contributed by atoms with E-state index in [9.17, 15) is 9.59 Å². The summed E-state index contributed by atoms with van der Waals surface area (Å²) < 4.78 is 10.6. The Kier molecular flexibility index (Phi) is 5.14. The first kappa shape index (κ1) is 17.2. The van der Waals surface area contributed by atoms with E-state index in [0.717, 1.165) is 11.3 Å². The topological polar surface area (TPSA) is 55.8 Å². The van der Waals surface area contributed by atoms with E-state index < -0.39 is 0 Å². The lowest BCUT2D eigenvalue weighted by atomic mass is 10.1. The van der Waals surface area contributed by atoms with Crippen LogP contribution in [0, 0.1) is 12.8 Å². The van der Waals surface area contributed by atoms with Gasteiger partial charge < -0.3 is 14.4 Å². The highest BCUT2D eigenvalue weighted by Gasteiger charge is 2.25. The lowest BCUT2D eigenvalue weighted by molar-refractivity contribution is -0.138. The summed E-state index contributed by atoms with van der Waals surface area (Å²) in [6, 6.07) is 14.4. The highest BCUT2D eigenvalue weighted by molar-refractivity contribution is 6.05. The van der Waals surface area contributed by atoms with Gasteiger partial charge in [0.25, 0.3) is 5.91 Å². The van der Waals surface area contributed by atoms with Crippen molar-refractivity contribution in [2.75, 3.05) is 25.2 Å². The van der Waals surface area contributed by atoms with Crippen molar-refractivity contribution >= 4 is 17.6 Å². The summed E-state index contributed by atoms with van der Waals surface area (Å²) >= 11 is 0. The fraction of sp³-hybridized carbons (Fsp3) is 0.300. The van der Waals surface area contributed by atoms with Crippen LogP contribution in [0.2, 0.25) is 0 Å². The zero-order valence-corrected chi connectivity index (χ0v) is 14.4. The first-order chi connectivity index (χ1) is 12.0. The van der Waals surface area contributed by atoms with Gasteiger partial charge in [-0.1, -0.05) is 17.7 Å². The Labute approximate surface area is 147 Å². The van der Waals surface area contributed by atoms with Gasteiger partial charge in [0, 0.05) is 24.9 Å². The molecule has 0 aliphatic carbocycles. The van der Waals surface area contributed by atoms with E-state index in [0.29, 0.717) is 30.9 Å². The van der Waals surface area contributed by atoms with Gasteiger partial charge in [-0.15, -0.1) is 0 Å². The van der Waals surface area contributed by atoms with Crippen molar-refractivity contribution in [1.82, 2.24) is 0 Å². The molecular weight excluding hydrogens is 318 g/mol. The van der Waals surface area contributed by atoms with Crippen molar-refractivity contribution in [1.29, 1.82) is 0 Å². The summed E-state index contributed by atoms with van der Waals surface area (Å²) in [5, 5.41) is 0. The lowest BCUT2D eigenvalue weighted by Gasteiger charge is -2.18. The van der Waals surface area contributed by atoms with Gasteiger partial charge in [-0.3, -0.25) is 9.59 Å². The summed E-state index contributed by atoms with van der Waals surface area (Å²) in [6.45, 7) is 3.00. The molecule has 0 aromatic heterocycles. The number of aryl methyl sites for hydroxylation is 1. The Bertz CT molecular complexity index is 746. The molecule has 0 spiro atoms. The molecular formula is C20H21NO4. The minimum Gasteiger partial charge on any atom is -0.426 e. The Morgan fingerprint density at radius 3 is 2.36 bits per heavy atom. The number of ether oxygens (including phenoxy) is 2. The van der Waals surface area contributed by atoms with Gasteiger partial charge in [-0.2, -0.15) is 0 Å². The number of hydrogen-bond donors (Lipinski definition) is 0. The van der Waals surface area contributed by atoms with E-state index >= 15 is 0 Å². The molecule has 3 rings (SSSR count). The third-order valence-electron chi connectivity index (χ3n) is 4.31. The third-order valence-corrected chi connectivity index (χ3v) is 4.31. The van der Waals surface area contributed by atoms with Crippen LogP contribution < -0.4 is 9.64 Å². The predicted molar refractivity (Wildman–Crippen MR) is 94.9 cm³/mol. The first-order valence-electron chi connectivity index (χ1n) is 8.29. The maximum Gasteiger partial charge on any atom is 0.316 e. The SMILES string of the molecule is Cc1ccc(C(=O)N(C)c2ccc(OC(=O)C3CCOC3)cc2)cc1. The molecule has 0 saturated carbocycles. The molecule has 2 aromatic rings. The summed E-state index contributed by atoms with van der Waals surface area (Å²) in [5.41, 5.74) is 2.47. The van der Waals surface area contributed by atoms with Crippen molar-refractivity contribution in [3.8, 4) is 5.75 Å². The maximum atomic E-state index is 12.5. The predicted octanol–water partition coefficient (Wildman–Crippen LogP) is 3.21. The fourth-order valence-corrected chi connectivity index (χ4v) is 2.66. The van der Waals surface area contributed by atoms with Gasteiger partial charge in [-0.25, -0.2) is 0 Å². The molecule has 1 heterocycles. The van der Waals surface area contributed by atoms with E-state index in [-0.39, 0.29) is 17.8 Å². The molecule has 25 heavy (non-hydrogen) atoms. The molecule has 0 radical (unpaired) electrons. The minimum atomic E-state index is -0.269. The van der Waals surface area contributed by atoms with Crippen molar-refractivity contribution in [2.24, 2.45) is 5.92 Å². The second-order valence-electron chi connectivity index (χ2n) is 6.21. The van der Waals surface area contributed by atoms with Crippen molar-refractivity contribution in [2.45, 2.75) is 13.3 Å². The molecule has 1 unspecified atom stereocenters. The molecule has 1 fully saturated rings. The van der Waals surface area contributed by atoms with Gasteiger partial charge in [-0.05, 0) is 49.7 Å². The van der Waals surface area contributed by atoms with Crippen molar-refractivity contribution in [3.05, 3.63) is 59.7 Å². The quantitative estimate of drug-likeness (QED) is 0.634. The number of amides is 1. The number of carbonyl (C=O) groups is 2. The molecule has 5 heteroatoms. The molecule has 1 aliphatic rings. The van der Waals surface area contributed by atoms with Crippen LogP contribution in [0.15, 0.2) is 48.5 Å². The number of anilines is 1. The lowest BCUT2D eigenvalue weighted by Crippen LogP contribution is -2.26. The van der Waals surface area contributed by atoms with E-state index in [1.54, 1.807) is 36.2 Å². The zero-order valence-electron chi connectivity index (χ0n) is 14.4. The number of benzene rings is 2. The summed E-state index contributed by atoms with van der Waals surface area (Å²) in [4.78, 5) is 26.1. The fourth-order valence-electron chi connectivity index (χ4n) is 2.66. The third kappa shape index (κ3) is 4.06. The summed E-state index contributed by atoms with van der Waals surface area (Å²) in [7, 11) is 1.72. The van der Waals surface area contributed by atoms with Crippen LogP contribution in [-0.4, -0.2) is 32.1 Å². The summed E-state index contributed by atoms with van der Waals surface area (Å²) in [5.74, 6) is -0.0792. The van der Waals surface area contributed by atoms with Crippen molar-refractivity contribution in [3.63, 3.8) is 0 Å². The molecule has 1 atom stereocenters. The number of carbonyl (C=O) groups excluding carboxylic acids is 2. The van der Waals surface area contributed by atoms with Crippen LogP contribution >= 0.6 is 0 Å². The van der Waals surface area contributed by atoms with Gasteiger partial charge in [0.05, 0.1) is 12.5 Å². The Morgan fingerprint density at radius 1 is 1.08 bits per heavy atom. The normalized spacial score (nSPS) is 16.5. The molecule has 2 aromatic carbocycles. The van der Waals surface area contributed by atoms with Crippen LogP contribution in [0.1, 0.15) is 22.3 Å². The number of esters is 1. The minimum absolute atomic E-state index is 0.0900. The smallest absolute Gasteiger partial charge is 0.316 e. The molecule has 1 saturated heterocycles. The van der Waals surface area contributed by atoms with Crippen LogP contribution in [0.4, 0.5) is 5.69 Å². The first-order valence-corrected chi connectivity index (χ1v) is 8.29. The largest absolute Gasteiger partial charge is 0.426 e. The van der Waals surface area contributed by atoms with Gasteiger partial charge in [0.1, 0.15) is 5.75 Å². The van der Waals surface area contributed by atoms with Crippen LogP contribution in [-0.2, 0) is 9.53 Å². The number of nitrogens with zero attached hydrogens (tertiary/aromatic N) is 1. The number of rotatable bonds is 4. The summed E-state index contributed by atoms with van der Waals surface area (Å²) in [6.07, 6.45) is 0.699. The average molecular weight is 339 g/mol. The monoisotopic (exact) mass is 339 g/mol. The van der Waals surface area contributed by atoms with Crippen LogP contribution in [0.25, 0.3) is 0 Å². The highest BCUT2D eigenvalue weighted by Crippen LogP contribution is 2.22. The molecule has 0 bridgehead atoms. The van der Waals surface area contributed by atoms with Gasteiger partial charge >= 0.3 is 5.97 Å². The highest BCUT2D eigenvalue weighted by atomic mass is 16.5. The zero-order chi connectivity index (χ0) is 17.8. The molecule has 5 nitrogen and oxygen atoms in total. The van der Waals surface area contributed by atoms with Crippen molar-refractivity contribution < 1.29 is 19.1 Å².